The van der Waals surface area contributed by atoms with E-state index in [0.29, 0.717) is 40.1 Å². The van der Waals surface area contributed by atoms with Crippen LogP contribution < -0.4 is 33.2 Å². The lowest BCUT2D eigenvalue weighted by Crippen LogP contribution is -2.14. The predicted molar refractivity (Wildman–Crippen MR) is 150 cm³/mol. The van der Waals surface area contributed by atoms with E-state index < -0.39 is 11.8 Å². The number of Topliss-reactive ketones (excluding diaryl/α,β-unsaturated/α-hetero) is 1. The van der Waals surface area contributed by atoms with Crippen LogP contribution >= 0.6 is 0 Å². The minimum Gasteiger partial charge on any atom is -0.497 e. The number of hydrogen-bond donors (Lipinski definition) is 1. The molecule has 10 nitrogen and oxygen atoms in total. The number of allylic oxidation sites excluding steroid dienone is 1. The molecule has 3 aromatic rings. The Bertz CT molecular complexity index is 1460. The van der Waals surface area contributed by atoms with Gasteiger partial charge in [-0.15, -0.1) is 0 Å². The first kappa shape index (κ1) is 28.9. The Balaban J connectivity index is 1.95. The molecule has 0 atom stereocenters. The lowest BCUT2D eigenvalue weighted by Gasteiger charge is -2.17. The van der Waals surface area contributed by atoms with Crippen LogP contribution in [-0.2, 0) is 11.2 Å². The number of carboxylic acids is 1. The van der Waals surface area contributed by atoms with Crippen molar-refractivity contribution in [2.45, 2.75) is 6.42 Å². The van der Waals surface area contributed by atoms with E-state index in [0.717, 1.165) is 0 Å². The van der Waals surface area contributed by atoms with Crippen molar-refractivity contribution < 1.29 is 47.9 Å². The maximum Gasteiger partial charge on any atom is 0.336 e. The minimum absolute atomic E-state index is 0.00507. The molecular formula is C31H30O10. The van der Waals surface area contributed by atoms with E-state index in [4.69, 9.17) is 33.2 Å². The van der Waals surface area contributed by atoms with E-state index in [9.17, 15) is 14.7 Å². The summed E-state index contributed by atoms with van der Waals surface area (Å²) in [6.07, 6.45) is 1.46. The first-order chi connectivity index (χ1) is 19.8. The second-order valence-corrected chi connectivity index (χ2v) is 8.73. The van der Waals surface area contributed by atoms with Crippen LogP contribution in [0.3, 0.4) is 0 Å². The van der Waals surface area contributed by atoms with Crippen molar-refractivity contribution in [3.63, 3.8) is 0 Å². The summed E-state index contributed by atoms with van der Waals surface area (Å²) in [6.45, 7) is 3.75. The van der Waals surface area contributed by atoms with E-state index in [-0.39, 0.29) is 47.8 Å². The molecule has 0 radical (unpaired) electrons. The number of ether oxygens (including phenoxy) is 7. The molecule has 41 heavy (non-hydrogen) atoms. The number of methoxy groups -OCH3 is 4. The molecule has 0 bridgehead atoms. The maximum absolute atomic E-state index is 14.0. The molecule has 0 saturated heterocycles. The Labute approximate surface area is 237 Å². The Hall–Kier alpha value is -5.12. The third-order valence-corrected chi connectivity index (χ3v) is 6.33. The topological polar surface area (TPSA) is 119 Å². The van der Waals surface area contributed by atoms with E-state index >= 15 is 0 Å². The average Bonchev–Trinajstić information content (AvgIpc) is 3.47. The summed E-state index contributed by atoms with van der Waals surface area (Å²) in [5.74, 6) is 0.721. The minimum atomic E-state index is -1.32. The highest BCUT2D eigenvalue weighted by atomic mass is 16.7. The van der Waals surface area contributed by atoms with Crippen molar-refractivity contribution in [2.24, 2.45) is 0 Å². The molecule has 0 unspecified atom stereocenters. The van der Waals surface area contributed by atoms with Gasteiger partial charge in [0, 0.05) is 17.6 Å². The molecule has 10 heteroatoms. The monoisotopic (exact) mass is 562 g/mol. The van der Waals surface area contributed by atoms with Crippen molar-refractivity contribution in [3.8, 4) is 40.2 Å². The van der Waals surface area contributed by atoms with Gasteiger partial charge in [-0.2, -0.15) is 0 Å². The number of fused-ring (bicyclic) bond motifs is 1. The maximum atomic E-state index is 14.0. The van der Waals surface area contributed by atoms with Gasteiger partial charge in [0.2, 0.25) is 18.3 Å². The van der Waals surface area contributed by atoms with E-state index in [1.165, 1.54) is 40.6 Å². The molecule has 214 valence electrons. The Morgan fingerprint density at radius 3 is 2.12 bits per heavy atom. The number of carbonyl (C=O) groups is 2. The van der Waals surface area contributed by atoms with Crippen LogP contribution in [0.2, 0.25) is 0 Å². The molecule has 1 aliphatic rings. The summed E-state index contributed by atoms with van der Waals surface area (Å²) in [5, 5.41) is 10.5. The number of hydrogen-bond acceptors (Lipinski definition) is 9. The molecule has 1 N–H and O–H groups in total. The van der Waals surface area contributed by atoms with Crippen LogP contribution in [0.5, 0.6) is 40.2 Å². The second kappa shape index (κ2) is 12.8. The standard InChI is InChI=1S/C31H30O10/c1-6-11-39-25-15-20(16-26-30(25)41-17-40-26)27(31(33)34)22(28(32)19-7-9-21(35-2)10-8-19)12-18-13-23(36-3)29(38-5)24(14-18)37-4/h6-10,13-16H,1,11-12,17H2,2-5H3,(H,33,34)/b27-22+. The SMILES string of the molecule is C=CCOc1cc(/C(C(=O)O)=C(/Cc2cc(OC)c(OC)c(OC)c2)C(=O)c2ccc(OC)cc2)cc2c1OCO2. The van der Waals surface area contributed by atoms with Gasteiger partial charge in [-0.3, -0.25) is 4.79 Å². The third-order valence-electron chi connectivity index (χ3n) is 6.33. The number of ketones is 1. The van der Waals surface area contributed by atoms with Gasteiger partial charge in [0.05, 0.1) is 34.0 Å². The normalized spacial score (nSPS) is 12.2. The zero-order valence-corrected chi connectivity index (χ0v) is 23.1. The fourth-order valence-electron chi connectivity index (χ4n) is 4.45. The van der Waals surface area contributed by atoms with Gasteiger partial charge in [0.25, 0.3) is 0 Å². The van der Waals surface area contributed by atoms with Crippen LogP contribution in [0.15, 0.2) is 66.8 Å². The third kappa shape index (κ3) is 6.06. The Morgan fingerprint density at radius 1 is 0.878 bits per heavy atom. The van der Waals surface area contributed by atoms with Gasteiger partial charge >= 0.3 is 5.97 Å². The summed E-state index contributed by atoms with van der Waals surface area (Å²) in [6, 6.07) is 12.8. The number of benzene rings is 3. The highest BCUT2D eigenvalue weighted by molar-refractivity contribution is 6.26. The first-order valence-corrected chi connectivity index (χ1v) is 12.5. The van der Waals surface area contributed by atoms with Crippen molar-refractivity contribution in [3.05, 3.63) is 83.4 Å². The van der Waals surface area contributed by atoms with Crippen LogP contribution in [0.25, 0.3) is 5.57 Å². The molecule has 3 aromatic carbocycles. The number of carboxylic acid groups (broad SMARTS) is 1. The quantitative estimate of drug-likeness (QED) is 0.174. The molecule has 0 fully saturated rings. The lowest BCUT2D eigenvalue weighted by atomic mass is 9.89. The van der Waals surface area contributed by atoms with Crippen LogP contribution in [0, 0.1) is 0 Å². The summed E-state index contributed by atoms with van der Waals surface area (Å²) < 4.78 is 38.4. The van der Waals surface area contributed by atoms with Gasteiger partial charge in [-0.1, -0.05) is 12.7 Å². The molecule has 0 aromatic heterocycles. The van der Waals surface area contributed by atoms with E-state index in [2.05, 4.69) is 6.58 Å². The van der Waals surface area contributed by atoms with Gasteiger partial charge in [0.15, 0.2) is 28.8 Å². The molecule has 4 rings (SSSR count). The predicted octanol–water partition coefficient (Wildman–Crippen LogP) is 4.98. The number of aliphatic carboxylic acids is 1. The van der Waals surface area contributed by atoms with Gasteiger partial charge < -0.3 is 38.3 Å². The molecule has 1 heterocycles. The average molecular weight is 563 g/mol. The highest BCUT2D eigenvalue weighted by Crippen LogP contribution is 2.45. The zero-order chi connectivity index (χ0) is 29.5. The fourth-order valence-corrected chi connectivity index (χ4v) is 4.45. The molecular weight excluding hydrogens is 532 g/mol. The molecule has 0 amide bonds. The zero-order valence-electron chi connectivity index (χ0n) is 23.1. The van der Waals surface area contributed by atoms with Crippen LogP contribution in [0.1, 0.15) is 21.5 Å². The van der Waals surface area contributed by atoms with Crippen LogP contribution in [0.4, 0.5) is 0 Å². The van der Waals surface area contributed by atoms with Gasteiger partial charge in [-0.25, -0.2) is 4.79 Å². The van der Waals surface area contributed by atoms with Gasteiger partial charge in [0.1, 0.15) is 12.4 Å². The van der Waals surface area contributed by atoms with Crippen molar-refractivity contribution in [1.29, 1.82) is 0 Å². The Kier molecular flexibility index (Phi) is 9.03. The van der Waals surface area contributed by atoms with Crippen molar-refractivity contribution in [1.82, 2.24) is 0 Å². The molecule has 0 saturated carbocycles. The van der Waals surface area contributed by atoms with E-state index in [1.807, 2.05) is 0 Å². The van der Waals surface area contributed by atoms with Gasteiger partial charge in [-0.05, 0) is 59.7 Å². The fraction of sp³-hybridized carbons (Fsp3) is 0.226. The van der Waals surface area contributed by atoms with E-state index in [1.54, 1.807) is 42.5 Å². The first-order valence-electron chi connectivity index (χ1n) is 12.5. The number of rotatable bonds is 13. The second-order valence-electron chi connectivity index (χ2n) is 8.73. The summed E-state index contributed by atoms with van der Waals surface area (Å²) >= 11 is 0. The smallest absolute Gasteiger partial charge is 0.336 e. The highest BCUT2D eigenvalue weighted by Gasteiger charge is 2.29. The summed E-state index contributed by atoms with van der Waals surface area (Å²) in [5.41, 5.74) is 0.798. The van der Waals surface area contributed by atoms with Crippen molar-refractivity contribution >= 4 is 17.3 Å². The summed E-state index contributed by atoms with van der Waals surface area (Å²) in [4.78, 5) is 27.0. The molecule has 1 aliphatic heterocycles. The molecule has 0 aliphatic carbocycles. The largest absolute Gasteiger partial charge is 0.497 e. The summed E-state index contributed by atoms with van der Waals surface area (Å²) in [7, 11) is 5.94. The lowest BCUT2D eigenvalue weighted by molar-refractivity contribution is -0.130. The Morgan fingerprint density at radius 2 is 1.56 bits per heavy atom. The molecule has 0 spiro atoms. The van der Waals surface area contributed by atoms with Crippen molar-refractivity contribution in [2.75, 3.05) is 41.8 Å². The van der Waals surface area contributed by atoms with Crippen LogP contribution in [-0.4, -0.2) is 58.7 Å². The number of carbonyl (C=O) groups excluding carboxylic acids is 1.